The quantitative estimate of drug-likeness (QED) is 0.795. The third kappa shape index (κ3) is 2.28. The molecule has 1 saturated heterocycles. The van der Waals surface area contributed by atoms with Crippen LogP contribution in [0.5, 0.6) is 0 Å². The minimum Gasteiger partial charge on any atom is -0.468 e. The van der Waals surface area contributed by atoms with E-state index in [0.717, 1.165) is 15.6 Å². The number of carbonyl (C=O) groups excluding carboxylic acids is 1. The molecule has 2 atom stereocenters. The molecule has 8 heteroatoms. The molecule has 1 aliphatic heterocycles. The molecule has 0 spiro atoms. The van der Waals surface area contributed by atoms with Crippen LogP contribution in [0.2, 0.25) is 0 Å². The molecule has 0 bridgehead atoms. The van der Waals surface area contributed by atoms with Crippen molar-refractivity contribution < 1.29 is 23.1 Å². The maximum absolute atomic E-state index is 12.3. The molecule has 1 aliphatic rings. The van der Waals surface area contributed by atoms with Gasteiger partial charge in [0.05, 0.1) is 13.2 Å². The Morgan fingerprint density at radius 1 is 1.61 bits per heavy atom. The number of ether oxygens (including phenoxy) is 1. The molecule has 2 rings (SSSR count). The van der Waals surface area contributed by atoms with Gasteiger partial charge in [-0.3, -0.25) is 4.79 Å². The lowest BCUT2D eigenvalue weighted by atomic mass is 10.2. The van der Waals surface area contributed by atoms with Gasteiger partial charge >= 0.3 is 5.97 Å². The van der Waals surface area contributed by atoms with Crippen molar-refractivity contribution in [2.75, 3.05) is 13.7 Å². The van der Waals surface area contributed by atoms with Crippen molar-refractivity contribution in [2.24, 2.45) is 0 Å². The molecule has 2 heterocycles. The molecule has 1 fully saturated rings. The molecule has 0 saturated carbocycles. The highest BCUT2D eigenvalue weighted by atomic mass is 32.2. The standard InChI is InChI=1S/C10H13NO5S2/c1-16-10(13)8-5-7(12)6-11(8)18(14,15)9-3-2-4-17-9/h2-4,7-8,12H,5-6H2,1H3/t7-,8+/m1/s1. The lowest BCUT2D eigenvalue weighted by molar-refractivity contribution is -0.144. The molecule has 100 valence electrons. The molecular weight excluding hydrogens is 278 g/mol. The smallest absolute Gasteiger partial charge is 0.324 e. The summed E-state index contributed by atoms with van der Waals surface area (Å²) < 4.78 is 30.3. The van der Waals surface area contributed by atoms with Crippen LogP contribution in [-0.2, 0) is 19.6 Å². The van der Waals surface area contributed by atoms with E-state index < -0.39 is 28.1 Å². The zero-order valence-electron chi connectivity index (χ0n) is 9.64. The van der Waals surface area contributed by atoms with E-state index in [1.54, 1.807) is 11.4 Å². The Morgan fingerprint density at radius 2 is 2.33 bits per heavy atom. The van der Waals surface area contributed by atoms with E-state index in [9.17, 15) is 18.3 Å². The molecule has 0 amide bonds. The van der Waals surface area contributed by atoms with Gasteiger partial charge < -0.3 is 9.84 Å². The van der Waals surface area contributed by atoms with Gasteiger partial charge in [-0.05, 0) is 11.4 Å². The van der Waals surface area contributed by atoms with Crippen LogP contribution in [0.15, 0.2) is 21.7 Å². The number of methoxy groups -OCH3 is 1. The van der Waals surface area contributed by atoms with E-state index in [2.05, 4.69) is 4.74 Å². The Kier molecular flexibility index (Phi) is 3.71. The number of rotatable bonds is 3. The fraction of sp³-hybridized carbons (Fsp3) is 0.500. The molecule has 6 nitrogen and oxygen atoms in total. The molecule has 0 aliphatic carbocycles. The Bertz CT molecular complexity index is 524. The van der Waals surface area contributed by atoms with Crippen LogP contribution in [0.25, 0.3) is 0 Å². The summed E-state index contributed by atoms with van der Waals surface area (Å²) in [5.41, 5.74) is 0. The fourth-order valence-corrected chi connectivity index (χ4v) is 4.67. The number of aliphatic hydroxyl groups excluding tert-OH is 1. The van der Waals surface area contributed by atoms with E-state index in [4.69, 9.17) is 0 Å². The lowest BCUT2D eigenvalue weighted by Crippen LogP contribution is -2.40. The number of sulfonamides is 1. The summed E-state index contributed by atoms with van der Waals surface area (Å²) in [6, 6.07) is 2.15. The number of hydrogen-bond donors (Lipinski definition) is 1. The van der Waals surface area contributed by atoms with Gasteiger partial charge in [-0.15, -0.1) is 11.3 Å². The van der Waals surface area contributed by atoms with Gasteiger partial charge in [0, 0.05) is 13.0 Å². The number of esters is 1. The Balaban J connectivity index is 2.34. The number of aliphatic hydroxyl groups is 1. The maximum Gasteiger partial charge on any atom is 0.324 e. The van der Waals surface area contributed by atoms with Crippen LogP contribution >= 0.6 is 11.3 Å². The van der Waals surface area contributed by atoms with E-state index in [0.29, 0.717) is 0 Å². The van der Waals surface area contributed by atoms with Crippen molar-refractivity contribution in [1.82, 2.24) is 4.31 Å². The average molecular weight is 291 g/mol. The van der Waals surface area contributed by atoms with E-state index >= 15 is 0 Å². The average Bonchev–Trinajstić information content (AvgIpc) is 2.96. The summed E-state index contributed by atoms with van der Waals surface area (Å²) in [7, 11) is -2.54. The van der Waals surface area contributed by atoms with Crippen molar-refractivity contribution in [3.05, 3.63) is 17.5 Å². The van der Waals surface area contributed by atoms with Gasteiger partial charge in [0.2, 0.25) is 0 Å². The predicted octanol–water partition coefficient (Wildman–Crippen LogP) is 0.0450. The largest absolute Gasteiger partial charge is 0.468 e. The van der Waals surface area contributed by atoms with Crippen molar-refractivity contribution in [3.8, 4) is 0 Å². The van der Waals surface area contributed by atoms with Crippen LogP contribution in [-0.4, -0.2) is 49.6 Å². The Morgan fingerprint density at radius 3 is 2.89 bits per heavy atom. The molecule has 0 unspecified atom stereocenters. The first-order valence-corrected chi connectivity index (χ1v) is 7.60. The molecule has 18 heavy (non-hydrogen) atoms. The molecule has 1 aromatic heterocycles. The number of thiophene rings is 1. The first kappa shape index (κ1) is 13.5. The highest BCUT2D eigenvalue weighted by Gasteiger charge is 2.44. The van der Waals surface area contributed by atoms with Gasteiger partial charge in [-0.1, -0.05) is 6.07 Å². The third-order valence-electron chi connectivity index (χ3n) is 2.76. The van der Waals surface area contributed by atoms with Crippen LogP contribution in [0.1, 0.15) is 6.42 Å². The minimum absolute atomic E-state index is 0.0667. The number of hydrogen-bond acceptors (Lipinski definition) is 6. The summed E-state index contributed by atoms with van der Waals surface area (Å²) in [4.78, 5) is 11.6. The van der Waals surface area contributed by atoms with Gasteiger partial charge in [0.1, 0.15) is 10.3 Å². The minimum atomic E-state index is -3.74. The molecule has 1 N–H and O–H groups in total. The summed E-state index contributed by atoms with van der Waals surface area (Å²) in [5, 5.41) is 11.2. The highest BCUT2D eigenvalue weighted by Crippen LogP contribution is 2.29. The molecule has 0 aromatic carbocycles. The van der Waals surface area contributed by atoms with Crippen LogP contribution in [0, 0.1) is 0 Å². The van der Waals surface area contributed by atoms with Crippen molar-refractivity contribution in [3.63, 3.8) is 0 Å². The van der Waals surface area contributed by atoms with Gasteiger partial charge in [0.15, 0.2) is 0 Å². The predicted molar refractivity (Wildman–Crippen MR) is 64.6 cm³/mol. The Hall–Kier alpha value is -0.960. The molecular formula is C10H13NO5S2. The zero-order chi connectivity index (χ0) is 13.3. The van der Waals surface area contributed by atoms with Gasteiger partial charge in [-0.25, -0.2) is 8.42 Å². The molecule has 0 radical (unpaired) electrons. The summed E-state index contributed by atoms with van der Waals surface area (Å²) >= 11 is 1.08. The molecule has 1 aromatic rings. The highest BCUT2D eigenvalue weighted by molar-refractivity contribution is 7.91. The second-order valence-corrected chi connectivity index (χ2v) is 7.00. The van der Waals surface area contributed by atoms with Gasteiger partial charge in [-0.2, -0.15) is 4.31 Å². The Labute approximate surface area is 109 Å². The summed E-state index contributed by atoms with van der Waals surface area (Å²) in [5.74, 6) is -0.647. The first-order valence-electron chi connectivity index (χ1n) is 5.28. The van der Waals surface area contributed by atoms with Crippen molar-refractivity contribution in [2.45, 2.75) is 22.8 Å². The van der Waals surface area contributed by atoms with Crippen molar-refractivity contribution >= 4 is 27.3 Å². The second-order valence-electron chi connectivity index (χ2n) is 3.94. The fourth-order valence-electron chi connectivity index (χ4n) is 1.93. The number of nitrogens with zero attached hydrogens (tertiary/aromatic N) is 1. The maximum atomic E-state index is 12.3. The van der Waals surface area contributed by atoms with Crippen LogP contribution in [0.3, 0.4) is 0 Å². The van der Waals surface area contributed by atoms with Gasteiger partial charge in [0.25, 0.3) is 10.0 Å². The normalized spacial score (nSPS) is 25.2. The number of β-amino-alcohol motifs (C(OH)–C–C–N with tert-alkyl or cyclic N) is 1. The number of carbonyl (C=O) groups is 1. The van der Waals surface area contributed by atoms with E-state index in [1.165, 1.54) is 13.2 Å². The monoisotopic (exact) mass is 291 g/mol. The lowest BCUT2D eigenvalue weighted by Gasteiger charge is -2.20. The third-order valence-corrected chi connectivity index (χ3v) is 6.01. The van der Waals surface area contributed by atoms with Crippen LogP contribution in [0.4, 0.5) is 0 Å². The van der Waals surface area contributed by atoms with Crippen LogP contribution < -0.4 is 0 Å². The second kappa shape index (κ2) is 4.96. The van der Waals surface area contributed by atoms with Crippen molar-refractivity contribution in [1.29, 1.82) is 0 Å². The van der Waals surface area contributed by atoms with E-state index in [1.807, 2.05) is 0 Å². The van der Waals surface area contributed by atoms with E-state index in [-0.39, 0.29) is 17.2 Å². The summed E-state index contributed by atoms with van der Waals surface area (Å²) in [6.07, 6.45) is -0.777. The SMILES string of the molecule is COC(=O)[C@@H]1C[C@@H](O)CN1S(=O)(=O)c1cccs1. The zero-order valence-corrected chi connectivity index (χ0v) is 11.3. The summed E-state index contributed by atoms with van der Waals surface area (Å²) in [6.45, 7) is -0.0833. The topological polar surface area (TPSA) is 83.9 Å². The first-order chi connectivity index (χ1) is 8.46.